The zero-order chi connectivity index (χ0) is 13.2. The van der Waals surface area contributed by atoms with Crippen molar-refractivity contribution in [2.24, 2.45) is 0 Å². The molecule has 0 spiro atoms. The molecule has 0 saturated carbocycles. The lowest BCUT2D eigenvalue weighted by molar-refractivity contribution is 0.184. The summed E-state index contributed by atoms with van der Waals surface area (Å²) < 4.78 is 7.40. The predicted octanol–water partition coefficient (Wildman–Crippen LogP) is 2.52. The molecule has 1 aliphatic heterocycles. The fourth-order valence-corrected chi connectivity index (χ4v) is 2.39. The lowest BCUT2D eigenvalue weighted by atomic mass is 10.2. The van der Waals surface area contributed by atoms with Gasteiger partial charge < -0.3 is 4.74 Å². The van der Waals surface area contributed by atoms with Crippen molar-refractivity contribution < 1.29 is 4.74 Å². The molecule has 1 atom stereocenters. The summed E-state index contributed by atoms with van der Waals surface area (Å²) in [5, 5.41) is 5.18. The van der Waals surface area contributed by atoms with E-state index < -0.39 is 0 Å². The molecule has 3 heterocycles. The van der Waals surface area contributed by atoms with E-state index in [1.807, 2.05) is 17.7 Å². The molecule has 6 heteroatoms. The van der Waals surface area contributed by atoms with Crippen LogP contribution in [-0.4, -0.2) is 33.0 Å². The van der Waals surface area contributed by atoms with Gasteiger partial charge in [-0.25, -0.2) is 9.67 Å². The molecule has 0 aliphatic carbocycles. The van der Waals surface area contributed by atoms with Crippen molar-refractivity contribution in [2.75, 3.05) is 13.2 Å². The van der Waals surface area contributed by atoms with E-state index in [-0.39, 0.29) is 6.04 Å². The van der Waals surface area contributed by atoms with Crippen molar-refractivity contribution in [3.05, 3.63) is 29.3 Å². The average molecular weight is 279 g/mol. The molecule has 5 nitrogen and oxygen atoms in total. The normalized spacial score (nSPS) is 18.9. The summed E-state index contributed by atoms with van der Waals surface area (Å²) in [4.78, 5) is 8.70. The molecular weight excluding hydrogens is 264 g/mol. The average Bonchev–Trinajstić information content (AvgIpc) is 3.07. The van der Waals surface area contributed by atoms with Crippen molar-refractivity contribution >= 4 is 11.6 Å². The maximum Gasteiger partial charge on any atom is 0.160 e. The van der Waals surface area contributed by atoms with E-state index in [0.29, 0.717) is 11.6 Å². The Kier molecular flexibility index (Phi) is 3.48. The summed E-state index contributed by atoms with van der Waals surface area (Å²) in [5.74, 6) is 1.66. The Morgan fingerprint density at radius 3 is 3.05 bits per heavy atom. The molecule has 1 fully saturated rings. The van der Waals surface area contributed by atoms with Crippen LogP contribution in [0.2, 0.25) is 5.02 Å². The number of aromatic nitrogens is 4. The molecule has 1 unspecified atom stereocenters. The third-order valence-electron chi connectivity index (χ3n) is 3.21. The van der Waals surface area contributed by atoms with E-state index in [2.05, 4.69) is 15.1 Å². The first-order chi connectivity index (χ1) is 9.28. The highest BCUT2D eigenvalue weighted by Gasteiger charge is 2.23. The van der Waals surface area contributed by atoms with Gasteiger partial charge in [0.2, 0.25) is 0 Å². The van der Waals surface area contributed by atoms with E-state index in [9.17, 15) is 0 Å². The second-order valence-electron chi connectivity index (χ2n) is 4.56. The third kappa shape index (κ3) is 2.48. The first kappa shape index (κ1) is 12.6. The van der Waals surface area contributed by atoms with Gasteiger partial charge in [-0.2, -0.15) is 5.10 Å². The zero-order valence-corrected chi connectivity index (χ0v) is 11.5. The van der Waals surface area contributed by atoms with Crippen LogP contribution in [0.3, 0.4) is 0 Å². The first-order valence-electron chi connectivity index (χ1n) is 6.42. The van der Waals surface area contributed by atoms with Gasteiger partial charge in [-0.1, -0.05) is 18.5 Å². The van der Waals surface area contributed by atoms with Crippen molar-refractivity contribution in [2.45, 2.75) is 25.8 Å². The number of ether oxygens (including phenoxy) is 1. The highest BCUT2D eigenvalue weighted by Crippen LogP contribution is 2.26. The van der Waals surface area contributed by atoms with Crippen LogP contribution in [0.1, 0.15) is 25.2 Å². The summed E-state index contributed by atoms with van der Waals surface area (Å²) >= 11 is 6.00. The van der Waals surface area contributed by atoms with Crippen LogP contribution in [0.5, 0.6) is 0 Å². The van der Waals surface area contributed by atoms with E-state index in [0.717, 1.165) is 36.7 Å². The molecule has 0 N–H and O–H groups in total. The topological polar surface area (TPSA) is 52.8 Å². The van der Waals surface area contributed by atoms with Gasteiger partial charge in [0.05, 0.1) is 17.7 Å². The Balaban J connectivity index is 2.05. The second kappa shape index (κ2) is 5.27. The van der Waals surface area contributed by atoms with Crippen LogP contribution >= 0.6 is 11.6 Å². The first-order valence-corrected chi connectivity index (χ1v) is 6.80. The van der Waals surface area contributed by atoms with E-state index in [1.165, 1.54) is 0 Å². The Morgan fingerprint density at radius 1 is 1.47 bits per heavy atom. The Morgan fingerprint density at radius 2 is 2.37 bits per heavy atom. The minimum atomic E-state index is 0.252. The fourth-order valence-electron chi connectivity index (χ4n) is 2.22. The van der Waals surface area contributed by atoms with Gasteiger partial charge >= 0.3 is 0 Å². The number of aryl methyl sites for hydroxylation is 1. The third-order valence-corrected chi connectivity index (χ3v) is 3.41. The molecule has 2 aromatic heterocycles. The smallest absolute Gasteiger partial charge is 0.160 e. The summed E-state index contributed by atoms with van der Waals surface area (Å²) in [6, 6.07) is 2.12. The lowest BCUT2D eigenvalue weighted by Gasteiger charge is -2.11. The minimum absolute atomic E-state index is 0.252. The van der Waals surface area contributed by atoms with Crippen LogP contribution in [-0.2, 0) is 11.2 Å². The molecule has 19 heavy (non-hydrogen) atoms. The van der Waals surface area contributed by atoms with Crippen molar-refractivity contribution in [1.82, 2.24) is 19.7 Å². The van der Waals surface area contributed by atoms with E-state index in [1.54, 1.807) is 12.4 Å². The monoisotopic (exact) mass is 278 g/mol. The molecule has 0 amide bonds. The second-order valence-corrected chi connectivity index (χ2v) is 5.00. The number of rotatable bonds is 3. The number of hydrogen-bond acceptors (Lipinski definition) is 4. The summed E-state index contributed by atoms with van der Waals surface area (Å²) in [6.07, 6.45) is 5.15. The Hall–Kier alpha value is -1.46. The summed E-state index contributed by atoms with van der Waals surface area (Å²) in [6.45, 7) is 3.51. The maximum absolute atomic E-state index is 6.00. The Bertz CT molecular complexity index is 578. The van der Waals surface area contributed by atoms with Crippen LogP contribution in [0.15, 0.2) is 18.5 Å². The van der Waals surface area contributed by atoms with Gasteiger partial charge in [0.15, 0.2) is 11.6 Å². The SMILES string of the molecule is CCc1nc(-c2cncc(Cl)c2)n(C2CCOC2)n1. The number of pyridine rings is 1. The van der Waals surface area contributed by atoms with E-state index in [4.69, 9.17) is 16.3 Å². The molecule has 1 aliphatic rings. The van der Waals surface area contributed by atoms with Gasteiger partial charge in [0, 0.05) is 31.0 Å². The van der Waals surface area contributed by atoms with Gasteiger partial charge in [0.1, 0.15) is 0 Å². The van der Waals surface area contributed by atoms with Crippen LogP contribution in [0, 0.1) is 0 Å². The highest BCUT2D eigenvalue weighted by atomic mass is 35.5. The number of nitrogens with zero attached hydrogens (tertiary/aromatic N) is 4. The van der Waals surface area contributed by atoms with Crippen LogP contribution < -0.4 is 0 Å². The predicted molar refractivity (Wildman–Crippen MR) is 72.1 cm³/mol. The molecule has 0 bridgehead atoms. The standard InChI is InChI=1S/C13H15ClN4O/c1-2-12-16-13(9-5-10(14)7-15-6-9)18(17-12)11-3-4-19-8-11/h5-7,11H,2-4,8H2,1H3. The van der Waals surface area contributed by atoms with E-state index >= 15 is 0 Å². The molecule has 2 aromatic rings. The lowest BCUT2D eigenvalue weighted by Crippen LogP contribution is -2.12. The largest absolute Gasteiger partial charge is 0.379 e. The highest BCUT2D eigenvalue weighted by molar-refractivity contribution is 6.30. The van der Waals surface area contributed by atoms with Crippen molar-refractivity contribution in [1.29, 1.82) is 0 Å². The van der Waals surface area contributed by atoms with Crippen LogP contribution in [0.25, 0.3) is 11.4 Å². The molecule has 100 valence electrons. The van der Waals surface area contributed by atoms with Gasteiger partial charge in [-0.3, -0.25) is 4.98 Å². The van der Waals surface area contributed by atoms with Gasteiger partial charge in [-0.15, -0.1) is 0 Å². The molecular formula is C13H15ClN4O. The zero-order valence-electron chi connectivity index (χ0n) is 10.7. The van der Waals surface area contributed by atoms with Crippen LogP contribution in [0.4, 0.5) is 0 Å². The minimum Gasteiger partial charge on any atom is -0.379 e. The summed E-state index contributed by atoms with van der Waals surface area (Å²) in [5.41, 5.74) is 0.895. The Labute approximate surface area is 116 Å². The van der Waals surface area contributed by atoms with Crippen molar-refractivity contribution in [3.63, 3.8) is 0 Å². The summed E-state index contributed by atoms with van der Waals surface area (Å²) in [7, 11) is 0. The molecule has 3 rings (SSSR count). The van der Waals surface area contributed by atoms with Crippen molar-refractivity contribution in [3.8, 4) is 11.4 Å². The maximum atomic E-state index is 6.00. The molecule has 0 radical (unpaired) electrons. The quantitative estimate of drug-likeness (QED) is 0.866. The number of halogens is 1. The molecule has 1 saturated heterocycles. The van der Waals surface area contributed by atoms with Gasteiger partial charge in [0.25, 0.3) is 0 Å². The molecule has 0 aromatic carbocycles. The fraction of sp³-hybridized carbons (Fsp3) is 0.462. The number of hydrogen-bond donors (Lipinski definition) is 0. The van der Waals surface area contributed by atoms with Gasteiger partial charge in [-0.05, 0) is 12.5 Å².